The summed E-state index contributed by atoms with van der Waals surface area (Å²) in [6.07, 6.45) is 6.95. The summed E-state index contributed by atoms with van der Waals surface area (Å²) in [5.41, 5.74) is 1.19. The lowest BCUT2D eigenvalue weighted by molar-refractivity contribution is -0.127. The van der Waals surface area contributed by atoms with E-state index in [0.717, 1.165) is 28.1 Å². The van der Waals surface area contributed by atoms with Gasteiger partial charge in [-0.2, -0.15) is 0 Å². The molecule has 0 aliphatic rings. The summed E-state index contributed by atoms with van der Waals surface area (Å²) >= 11 is 3.18. The predicted octanol–water partition coefficient (Wildman–Crippen LogP) is 3.44. The van der Waals surface area contributed by atoms with Crippen molar-refractivity contribution < 1.29 is 4.79 Å². The molecule has 0 aromatic carbocycles. The molecule has 3 aromatic rings. The number of likely N-dealkylation sites (N-methyl/N-ethyl adjacent to an activating group) is 1. The van der Waals surface area contributed by atoms with Crippen LogP contribution in [-0.2, 0) is 17.6 Å². The molecule has 3 rings (SSSR count). The van der Waals surface area contributed by atoms with Crippen molar-refractivity contribution in [2.75, 3.05) is 19.3 Å². The highest BCUT2D eigenvalue weighted by Gasteiger charge is 2.13. The van der Waals surface area contributed by atoms with Crippen LogP contribution in [0, 0.1) is 0 Å². The Morgan fingerprint density at radius 1 is 1.28 bits per heavy atom. The molecule has 1 amide bonds. The summed E-state index contributed by atoms with van der Waals surface area (Å²) in [5.74, 6) is 0.493. The maximum atomic E-state index is 12.4. The summed E-state index contributed by atoms with van der Waals surface area (Å²) in [5, 5.41) is 1.94. The van der Waals surface area contributed by atoms with Crippen LogP contribution >= 0.6 is 23.1 Å². The van der Waals surface area contributed by atoms with Gasteiger partial charge in [-0.25, -0.2) is 9.97 Å². The van der Waals surface area contributed by atoms with E-state index in [1.54, 1.807) is 35.0 Å². The Morgan fingerprint density at radius 3 is 2.84 bits per heavy atom. The number of hydrogen-bond acceptors (Lipinski definition) is 6. The molecule has 3 heterocycles. The van der Waals surface area contributed by atoms with Crippen molar-refractivity contribution in [2.45, 2.75) is 24.8 Å². The molecule has 3 aromatic heterocycles. The SMILES string of the molecule is CCc1cc2c(SCC(=O)N(C)CCc3ccncc3)ncnc2s1. The van der Waals surface area contributed by atoms with Crippen LogP contribution in [0.3, 0.4) is 0 Å². The standard InChI is InChI=1S/C18H20N4OS2/c1-3-14-10-15-17(20-12-21-18(15)25-14)24-11-16(23)22(2)9-6-13-4-7-19-8-5-13/h4-5,7-8,10,12H,3,6,9,11H2,1-2H3. The van der Waals surface area contributed by atoms with Crippen molar-refractivity contribution in [2.24, 2.45) is 0 Å². The largest absolute Gasteiger partial charge is 0.345 e. The molecular weight excluding hydrogens is 352 g/mol. The smallest absolute Gasteiger partial charge is 0.232 e. The van der Waals surface area contributed by atoms with E-state index in [4.69, 9.17) is 0 Å². The third-order valence-corrected chi connectivity index (χ3v) is 6.11. The number of thioether (sulfide) groups is 1. The Bertz CT molecular complexity index is 851. The number of thiophene rings is 1. The van der Waals surface area contributed by atoms with Crippen LogP contribution in [0.15, 0.2) is 41.9 Å². The van der Waals surface area contributed by atoms with Gasteiger partial charge in [-0.1, -0.05) is 18.7 Å². The first-order chi connectivity index (χ1) is 12.2. The number of hydrogen-bond donors (Lipinski definition) is 0. The monoisotopic (exact) mass is 372 g/mol. The van der Waals surface area contributed by atoms with Gasteiger partial charge in [0, 0.05) is 36.2 Å². The lowest BCUT2D eigenvalue weighted by Gasteiger charge is -2.16. The Balaban J connectivity index is 1.57. The summed E-state index contributed by atoms with van der Waals surface area (Å²) in [6.45, 7) is 2.83. The van der Waals surface area contributed by atoms with E-state index in [9.17, 15) is 4.79 Å². The zero-order chi connectivity index (χ0) is 17.6. The number of amides is 1. The first kappa shape index (κ1) is 17.8. The van der Waals surface area contributed by atoms with Crippen molar-refractivity contribution in [3.8, 4) is 0 Å². The Kier molecular flexibility index (Phi) is 5.99. The van der Waals surface area contributed by atoms with Gasteiger partial charge < -0.3 is 4.90 Å². The van der Waals surface area contributed by atoms with Gasteiger partial charge in [0.1, 0.15) is 16.2 Å². The number of carbonyl (C=O) groups is 1. The molecule has 25 heavy (non-hydrogen) atoms. The van der Waals surface area contributed by atoms with Crippen LogP contribution in [-0.4, -0.2) is 45.1 Å². The maximum Gasteiger partial charge on any atom is 0.232 e. The number of rotatable bonds is 7. The predicted molar refractivity (Wildman–Crippen MR) is 103 cm³/mol. The van der Waals surface area contributed by atoms with Gasteiger partial charge in [0.2, 0.25) is 5.91 Å². The molecular formula is C18H20N4OS2. The number of aryl methyl sites for hydroxylation is 1. The molecule has 0 spiro atoms. The zero-order valence-electron chi connectivity index (χ0n) is 14.3. The second-order valence-electron chi connectivity index (χ2n) is 5.67. The van der Waals surface area contributed by atoms with Gasteiger partial charge in [0.15, 0.2) is 0 Å². The number of pyridine rings is 1. The lowest BCUT2D eigenvalue weighted by atomic mass is 10.2. The van der Waals surface area contributed by atoms with Gasteiger partial charge in [-0.3, -0.25) is 9.78 Å². The first-order valence-electron chi connectivity index (χ1n) is 8.16. The summed E-state index contributed by atoms with van der Waals surface area (Å²) in [6, 6.07) is 6.10. The molecule has 130 valence electrons. The Hall–Kier alpha value is -1.99. The molecule has 0 saturated heterocycles. The minimum absolute atomic E-state index is 0.108. The second-order valence-corrected chi connectivity index (χ2v) is 7.75. The number of aromatic nitrogens is 3. The van der Waals surface area contributed by atoms with Gasteiger partial charge in [-0.15, -0.1) is 11.3 Å². The van der Waals surface area contributed by atoms with E-state index < -0.39 is 0 Å². The number of nitrogens with zero attached hydrogens (tertiary/aromatic N) is 4. The van der Waals surface area contributed by atoms with E-state index in [0.29, 0.717) is 12.3 Å². The van der Waals surface area contributed by atoms with Gasteiger partial charge in [0.05, 0.1) is 5.75 Å². The average Bonchev–Trinajstić information content (AvgIpc) is 3.09. The van der Waals surface area contributed by atoms with E-state index in [-0.39, 0.29) is 5.91 Å². The van der Waals surface area contributed by atoms with E-state index in [2.05, 4.69) is 27.9 Å². The molecule has 0 atom stereocenters. The molecule has 0 aliphatic heterocycles. The van der Waals surface area contributed by atoms with Gasteiger partial charge in [0.25, 0.3) is 0 Å². The fourth-order valence-electron chi connectivity index (χ4n) is 2.38. The average molecular weight is 373 g/mol. The van der Waals surface area contributed by atoms with Gasteiger partial charge in [-0.05, 0) is 36.6 Å². The van der Waals surface area contributed by atoms with Crippen LogP contribution in [0.25, 0.3) is 10.2 Å². The molecule has 0 unspecified atom stereocenters. The highest BCUT2D eigenvalue weighted by Crippen LogP contribution is 2.30. The third-order valence-electron chi connectivity index (χ3n) is 3.94. The molecule has 0 saturated carbocycles. The third kappa shape index (κ3) is 4.55. The van der Waals surface area contributed by atoms with Crippen LogP contribution in [0.2, 0.25) is 0 Å². The van der Waals surface area contributed by atoms with Gasteiger partial charge >= 0.3 is 0 Å². The van der Waals surface area contributed by atoms with Crippen molar-refractivity contribution in [1.29, 1.82) is 0 Å². The quantitative estimate of drug-likeness (QED) is 0.470. The molecule has 0 fully saturated rings. The maximum absolute atomic E-state index is 12.4. The summed E-state index contributed by atoms with van der Waals surface area (Å²) in [7, 11) is 1.85. The second kappa shape index (κ2) is 8.40. The highest BCUT2D eigenvalue weighted by molar-refractivity contribution is 8.00. The molecule has 7 heteroatoms. The van der Waals surface area contributed by atoms with E-state index in [1.807, 2.05) is 19.2 Å². The summed E-state index contributed by atoms with van der Waals surface area (Å²) < 4.78 is 0. The van der Waals surface area contributed by atoms with E-state index >= 15 is 0 Å². The number of fused-ring (bicyclic) bond motifs is 1. The fraction of sp³-hybridized carbons (Fsp3) is 0.333. The molecule has 5 nitrogen and oxygen atoms in total. The highest BCUT2D eigenvalue weighted by atomic mass is 32.2. The van der Waals surface area contributed by atoms with Crippen LogP contribution in [0.4, 0.5) is 0 Å². The topological polar surface area (TPSA) is 59.0 Å². The van der Waals surface area contributed by atoms with Crippen LogP contribution in [0.5, 0.6) is 0 Å². The zero-order valence-corrected chi connectivity index (χ0v) is 15.9. The number of carbonyl (C=O) groups excluding carboxylic acids is 1. The van der Waals surface area contributed by atoms with Crippen molar-refractivity contribution in [3.63, 3.8) is 0 Å². The molecule has 0 bridgehead atoms. The van der Waals surface area contributed by atoms with Crippen molar-refractivity contribution in [1.82, 2.24) is 19.9 Å². The Morgan fingerprint density at radius 2 is 2.08 bits per heavy atom. The molecule has 0 aliphatic carbocycles. The van der Waals surface area contributed by atoms with Crippen molar-refractivity contribution in [3.05, 3.63) is 47.4 Å². The Labute approximate surface area is 155 Å². The van der Waals surface area contributed by atoms with Crippen LogP contribution in [0.1, 0.15) is 17.4 Å². The molecule has 0 N–H and O–H groups in total. The minimum Gasteiger partial charge on any atom is -0.345 e. The first-order valence-corrected chi connectivity index (χ1v) is 9.96. The summed E-state index contributed by atoms with van der Waals surface area (Å²) in [4.78, 5) is 29.1. The van der Waals surface area contributed by atoms with Crippen LogP contribution < -0.4 is 0 Å². The minimum atomic E-state index is 0.108. The van der Waals surface area contributed by atoms with Crippen molar-refractivity contribution >= 4 is 39.2 Å². The lowest BCUT2D eigenvalue weighted by Crippen LogP contribution is -2.30. The normalized spacial score (nSPS) is 11.0. The molecule has 0 radical (unpaired) electrons. The van der Waals surface area contributed by atoms with E-state index in [1.165, 1.54) is 22.2 Å². The fourth-order valence-corrected chi connectivity index (χ4v) is 4.30.